The molecule has 0 heterocycles. The molecular formula is C10H8O4. The van der Waals surface area contributed by atoms with Crippen LogP contribution < -0.4 is 0 Å². The monoisotopic (exact) mass is 192 g/mol. The van der Waals surface area contributed by atoms with Crippen LogP contribution in [-0.4, -0.2) is 20.4 Å². The van der Waals surface area contributed by atoms with Crippen LogP contribution in [0.3, 0.4) is 0 Å². The minimum absolute atomic E-state index is 0.0971. The van der Waals surface area contributed by atoms with Gasteiger partial charge < -0.3 is 20.4 Å². The Kier molecular flexibility index (Phi) is 1.64. The van der Waals surface area contributed by atoms with Crippen molar-refractivity contribution >= 4 is 10.8 Å². The molecule has 0 atom stereocenters. The fourth-order valence-corrected chi connectivity index (χ4v) is 1.40. The number of phenols is 4. The summed E-state index contributed by atoms with van der Waals surface area (Å²) in [5, 5.41) is 37.8. The van der Waals surface area contributed by atoms with Crippen molar-refractivity contribution in [2.75, 3.05) is 0 Å². The van der Waals surface area contributed by atoms with Gasteiger partial charge in [0.15, 0.2) is 11.5 Å². The van der Waals surface area contributed by atoms with E-state index in [1.54, 1.807) is 0 Å². The molecule has 0 saturated heterocycles. The lowest BCUT2D eigenvalue weighted by molar-refractivity contribution is 0.404. The Morgan fingerprint density at radius 3 is 2.21 bits per heavy atom. The van der Waals surface area contributed by atoms with E-state index in [2.05, 4.69) is 0 Å². The Morgan fingerprint density at radius 2 is 1.50 bits per heavy atom. The van der Waals surface area contributed by atoms with Crippen molar-refractivity contribution in [3.63, 3.8) is 0 Å². The van der Waals surface area contributed by atoms with Crippen molar-refractivity contribution in [2.45, 2.75) is 0 Å². The van der Waals surface area contributed by atoms with Crippen molar-refractivity contribution in [2.24, 2.45) is 0 Å². The first-order chi connectivity index (χ1) is 6.59. The van der Waals surface area contributed by atoms with E-state index in [0.29, 0.717) is 5.39 Å². The van der Waals surface area contributed by atoms with Crippen LogP contribution in [0.15, 0.2) is 24.3 Å². The average Bonchev–Trinajstić information content (AvgIpc) is 2.10. The summed E-state index contributed by atoms with van der Waals surface area (Å²) in [6.45, 7) is 0. The van der Waals surface area contributed by atoms with Gasteiger partial charge >= 0.3 is 0 Å². The van der Waals surface area contributed by atoms with Crippen LogP contribution >= 0.6 is 0 Å². The lowest BCUT2D eigenvalue weighted by Gasteiger charge is -2.05. The summed E-state index contributed by atoms with van der Waals surface area (Å²) in [6.07, 6.45) is 0. The first kappa shape index (κ1) is 8.50. The van der Waals surface area contributed by atoms with Gasteiger partial charge in [-0.3, -0.25) is 0 Å². The summed E-state index contributed by atoms with van der Waals surface area (Å²) in [4.78, 5) is 0. The Labute approximate surface area is 79.3 Å². The van der Waals surface area contributed by atoms with Gasteiger partial charge in [-0.15, -0.1) is 0 Å². The van der Waals surface area contributed by atoms with Gasteiger partial charge in [-0.2, -0.15) is 0 Å². The smallest absolute Gasteiger partial charge is 0.169 e. The van der Waals surface area contributed by atoms with Crippen molar-refractivity contribution in [3.05, 3.63) is 24.3 Å². The van der Waals surface area contributed by atoms with Crippen LogP contribution in [0.5, 0.6) is 23.0 Å². The van der Waals surface area contributed by atoms with Crippen molar-refractivity contribution in [3.8, 4) is 23.0 Å². The number of benzene rings is 2. The van der Waals surface area contributed by atoms with Crippen LogP contribution in [0.1, 0.15) is 0 Å². The Hall–Kier alpha value is -2.10. The number of rotatable bonds is 0. The zero-order chi connectivity index (χ0) is 10.3. The molecule has 2 rings (SSSR count). The molecule has 0 aromatic heterocycles. The molecule has 0 amide bonds. The normalized spacial score (nSPS) is 10.6. The van der Waals surface area contributed by atoms with E-state index < -0.39 is 0 Å². The maximum absolute atomic E-state index is 9.44. The third-order valence-corrected chi connectivity index (χ3v) is 2.03. The SMILES string of the molecule is Oc1cc(O)c2c(O)c(O)ccc2c1. The maximum Gasteiger partial charge on any atom is 0.169 e. The van der Waals surface area contributed by atoms with E-state index in [1.165, 1.54) is 18.2 Å². The Balaban J connectivity index is 2.95. The van der Waals surface area contributed by atoms with Crippen LogP contribution in [0.4, 0.5) is 0 Å². The van der Waals surface area contributed by atoms with E-state index in [-0.39, 0.29) is 28.4 Å². The third kappa shape index (κ3) is 1.08. The second-order valence-corrected chi connectivity index (χ2v) is 3.00. The molecule has 0 radical (unpaired) electrons. The molecule has 4 N–H and O–H groups in total. The molecule has 14 heavy (non-hydrogen) atoms. The van der Waals surface area contributed by atoms with Gasteiger partial charge in [0.2, 0.25) is 0 Å². The highest BCUT2D eigenvalue weighted by atomic mass is 16.3. The molecule has 0 bridgehead atoms. The van der Waals surface area contributed by atoms with Crippen molar-refractivity contribution in [1.29, 1.82) is 0 Å². The maximum atomic E-state index is 9.44. The number of hydrogen-bond donors (Lipinski definition) is 4. The predicted octanol–water partition coefficient (Wildman–Crippen LogP) is 1.66. The standard InChI is InChI=1S/C10H8O4/c11-6-3-5-1-2-7(12)10(14)9(5)8(13)4-6/h1-4,11-14H. The summed E-state index contributed by atoms with van der Waals surface area (Å²) in [5.74, 6) is -1.06. The first-order valence-electron chi connectivity index (χ1n) is 3.96. The average molecular weight is 192 g/mol. The van der Waals surface area contributed by atoms with Gasteiger partial charge in [0.05, 0.1) is 5.39 Å². The molecule has 2 aromatic carbocycles. The summed E-state index contributed by atoms with van der Waals surface area (Å²) in [6, 6.07) is 5.26. The van der Waals surface area contributed by atoms with Gasteiger partial charge in [0, 0.05) is 6.07 Å². The minimum Gasteiger partial charge on any atom is -0.508 e. The van der Waals surface area contributed by atoms with Gasteiger partial charge in [0.25, 0.3) is 0 Å². The van der Waals surface area contributed by atoms with Gasteiger partial charge in [-0.05, 0) is 17.5 Å². The molecule has 0 aliphatic rings. The van der Waals surface area contributed by atoms with Crippen LogP contribution in [0.2, 0.25) is 0 Å². The topological polar surface area (TPSA) is 80.9 Å². The van der Waals surface area contributed by atoms with E-state index in [1.807, 2.05) is 0 Å². The molecule has 4 heteroatoms. The summed E-state index contributed by atoms with van der Waals surface area (Å²) in [7, 11) is 0. The van der Waals surface area contributed by atoms with Gasteiger partial charge in [-0.25, -0.2) is 0 Å². The molecule has 0 aliphatic heterocycles. The number of aromatic hydroxyl groups is 4. The second kappa shape index (κ2) is 2.70. The van der Waals surface area contributed by atoms with Crippen LogP contribution in [0, 0.1) is 0 Å². The minimum atomic E-state index is -0.389. The molecule has 0 unspecified atom stereocenters. The molecule has 72 valence electrons. The molecular weight excluding hydrogens is 184 g/mol. The number of fused-ring (bicyclic) bond motifs is 1. The van der Waals surface area contributed by atoms with Crippen molar-refractivity contribution < 1.29 is 20.4 Å². The first-order valence-corrected chi connectivity index (χ1v) is 3.96. The molecule has 0 fully saturated rings. The zero-order valence-corrected chi connectivity index (χ0v) is 7.10. The molecule has 0 spiro atoms. The van der Waals surface area contributed by atoms with Crippen LogP contribution in [-0.2, 0) is 0 Å². The summed E-state index contributed by atoms with van der Waals surface area (Å²) in [5.41, 5.74) is 0. The van der Waals surface area contributed by atoms with Crippen molar-refractivity contribution in [1.82, 2.24) is 0 Å². The van der Waals surface area contributed by atoms with E-state index in [9.17, 15) is 15.3 Å². The number of hydrogen-bond acceptors (Lipinski definition) is 4. The molecule has 0 saturated carbocycles. The Morgan fingerprint density at radius 1 is 0.786 bits per heavy atom. The fraction of sp³-hybridized carbons (Fsp3) is 0. The predicted molar refractivity (Wildman–Crippen MR) is 50.6 cm³/mol. The lowest BCUT2D eigenvalue weighted by atomic mass is 10.1. The fourth-order valence-electron chi connectivity index (χ4n) is 1.40. The van der Waals surface area contributed by atoms with E-state index in [0.717, 1.165) is 6.07 Å². The highest BCUT2D eigenvalue weighted by Crippen LogP contribution is 2.40. The summed E-state index contributed by atoms with van der Waals surface area (Å²) < 4.78 is 0. The zero-order valence-electron chi connectivity index (χ0n) is 7.10. The largest absolute Gasteiger partial charge is 0.508 e. The molecule has 4 nitrogen and oxygen atoms in total. The third-order valence-electron chi connectivity index (χ3n) is 2.03. The summed E-state index contributed by atoms with van der Waals surface area (Å²) >= 11 is 0. The van der Waals surface area contributed by atoms with Crippen LogP contribution in [0.25, 0.3) is 10.8 Å². The van der Waals surface area contributed by atoms with Gasteiger partial charge in [-0.1, -0.05) is 6.07 Å². The lowest BCUT2D eigenvalue weighted by Crippen LogP contribution is -1.77. The van der Waals surface area contributed by atoms with E-state index in [4.69, 9.17) is 5.11 Å². The van der Waals surface area contributed by atoms with Gasteiger partial charge in [0.1, 0.15) is 11.5 Å². The highest BCUT2D eigenvalue weighted by Gasteiger charge is 2.10. The Bertz CT molecular complexity index is 505. The van der Waals surface area contributed by atoms with E-state index >= 15 is 0 Å². The number of phenolic OH excluding ortho intramolecular Hbond substituents is 4. The molecule has 2 aromatic rings. The second-order valence-electron chi connectivity index (χ2n) is 3.00. The quantitative estimate of drug-likeness (QED) is 0.478. The molecule has 0 aliphatic carbocycles. The highest BCUT2D eigenvalue weighted by molar-refractivity contribution is 5.96.